The van der Waals surface area contributed by atoms with Crippen molar-refractivity contribution in [3.63, 3.8) is 0 Å². The van der Waals surface area contributed by atoms with Crippen molar-refractivity contribution in [3.05, 3.63) is 36.2 Å². The van der Waals surface area contributed by atoms with Gasteiger partial charge in [-0.3, -0.25) is 4.68 Å². The normalized spacial score (nSPS) is 11.3. The molecule has 0 atom stereocenters. The molecule has 0 bridgehead atoms. The number of rotatable bonds is 6. The van der Waals surface area contributed by atoms with Gasteiger partial charge < -0.3 is 9.88 Å². The highest BCUT2D eigenvalue weighted by atomic mass is 15.3. The molecule has 0 aliphatic carbocycles. The third-order valence-corrected chi connectivity index (χ3v) is 2.91. The first kappa shape index (κ1) is 12.8. The van der Waals surface area contributed by atoms with Gasteiger partial charge in [0.05, 0.1) is 24.3 Å². The van der Waals surface area contributed by atoms with Crippen LogP contribution in [0.15, 0.2) is 24.8 Å². The summed E-state index contributed by atoms with van der Waals surface area (Å²) in [4.78, 5) is 4.22. The summed E-state index contributed by atoms with van der Waals surface area (Å²) in [7, 11) is 1.96. The smallest absolute Gasteiger partial charge is 0.0952 e. The van der Waals surface area contributed by atoms with E-state index in [4.69, 9.17) is 0 Å². The van der Waals surface area contributed by atoms with E-state index in [1.165, 1.54) is 11.4 Å². The largest absolute Gasteiger partial charge is 0.327 e. The summed E-state index contributed by atoms with van der Waals surface area (Å²) in [6, 6.07) is 2.03. The lowest BCUT2D eigenvalue weighted by molar-refractivity contribution is 0.536. The van der Waals surface area contributed by atoms with Crippen LogP contribution in [0.2, 0.25) is 0 Å². The summed E-state index contributed by atoms with van der Waals surface area (Å²) >= 11 is 0. The van der Waals surface area contributed by atoms with E-state index in [0.717, 1.165) is 19.6 Å². The molecule has 2 aromatic rings. The molecule has 0 aliphatic heterocycles. The minimum absolute atomic E-state index is 0.665. The van der Waals surface area contributed by atoms with E-state index in [1.54, 1.807) is 0 Å². The second-order valence-electron chi connectivity index (χ2n) is 4.98. The van der Waals surface area contributed by atoms with Gasteiger partial charge in [-0.15, -0.1) is 0 Å². The van der Waals surface area contributed by atoms with Gasteiger partial charge in [-0.2, -0.15) is 5.10 Å². The monoisotopic (exact) mass is 247 g/mol. The third-order valence-electron chi connectivity index (χ3n) is 2.91. The number of aromatic nitrogens is 4. The lowest BCUT2D eigenvalue weighted by Crippen LogP contribution is -2.21. The first-order chi connectivity index (χ1) is 8.66. The van der Waals surface area contributed by atoms with E-state index >= 15 is 0 Å². The molecule has 18 heavy (non-hydrogen) atoms. The molecule has 0 aromatic carbocycles. The minimum Gasteiger partial charge on any atom is -0.327 e. The van der Waals surface area contributed by atoms with Crippen LogP contribution >= 0.6 is 0 Å². The van der Waals surface area contributed by atoms with Gasteiger partial charge in [-0.05, 0) is 18.5 Å². The molecule has 0 spiro atoms. The van der Waals surface area contributed by atoms with Crippen LogP contribution < -0.4 is 5.32 Å². The fourth-order valence-electron chi connectivity index (χ4n) is 1.86. The molecule has 5 heteroatoms. The average molecular weight is 247 g/mol. The maximum atomic E-state index is 4.22. The van der Waals surface area contributed by atoms with Gasteiger partial charge in [-0.1, -0.05) is 13.8 Å². The van der Waals surface area contributed by atoms with E-state index in [-0.39, 0.29) is 0 Å². The highest BCUT2D eigenvalue weighted by Crippen LogP contribution is 2.05. The zero-order valence-electron chi connectivity index (χ0n) is 11.3. The number of hydrogen-bond acceptors (Lipinski definition) is 3. The molecule has 98 valence electrons. The molecular formula is C13H21N5. The van der Waals surface area contributed by atoms with Crippen molar-refractivity contribution in [2.24, 2.45) is 13.0 Å². The maximum absolute atomic E-state index is 4.22. The molecule has 0 saturated carbocycles. The number of imidazole rings is 1. The Morgan fingerprint density at radius 2 is 2.17 bits per heavy atom. The van der Waals surface area contributed by atoms with Gasteiger partial charge in [-0.25, -0.2) is 4.98 Å². The summed E-state index contributed by atoms with van der Waals surface area (Å²) < 4.78 is 4.05. The van der Waals surface area contributed by atoms with Gasteiger partial charge in [0.1, 0.15) is 0 Å². The Bertz CT molecular complexity index is 483. The first-order valence-electron chi connectivity index (χ1n) is 6.33. The van der Waals surface area contributed by atoms with Crippen molar-refractivity contribution in [3.8, 4) is 0 Å². The second-order valence-corrected chi connectivity index (χ2v) is 4.98. The number of nitrogens with zero attached hydrogens (tertiary/aromatic N) is 4. The summed E-state index contributed by atoms with van der Waals surface area (Å²) in [5.41, 5.74) is 2.38. The van der Waals surface area contributed by atoms with Crippen LogP contribution in [0.4, 0.5) is 0 Å². The lowest BCUT2D eigenvalue weighted by Gasteiger charge is -2.10. The Labute approximate surface area is 108 Å². The molecule has 0 amide bonds. The molecular weight excluding hydrogens is 226 g/mol. The van der Waals surface area contributed by atoms with Gasteiger partial charge in [0.15, 0.2) is 0 Å². The molecule has 0 fully saturated rings. The summed E-state index contributed by atoms with van der Waals surface area (Å²) in [5, 5.41) is 7.62. The van der Waals surface area contributed by atoms with E-state index in [0.29, 0.717) is 5.92 Å². The van der Waals surface area contributed by atoms with Crippen molar-refractivity contribution in [1.82, 2.24) is 24.6 Å². The van der Waals surface area contributed by atoms with Crippen molar-refractivity contribution in [2.45, 2.75) is 26.9 Å². The predicted octanol–water partition coefficient (Wildman–Crippen LogP) is 1.41. The van der Waals surface area contributed by atoms with Crippen LogP contribution in [-0.4, -0.2) is 25.9 Å². The van der Waals surface area contributed by atoms with E-state index in [2.05, 4.69) is 33.8 Å². The molecule has 5 nitrogen and oxygen atoms in total. The van der Waals surface area contributed by atoms with Crippen molar-refractivity contribution < 1.29 is 0 Å². The van der Waals surface area contributed by atoms with Crippen molar-refractivity contribution in [1.29, 1.82) is 0 Å². The highest BCUT2D eigenvalue weighted by Gasteiger charge is 2.05. The number of aryl methyl sites for hydroxylation is 1. The molecule has 0 radical (unpaired) electrons. The van der Waals surface area contributed by atoms with E-state index < -0.39 is 0 Å². The molecule has 2 aromatic heterocycles. The van der Waals surface area contributed by atoms with Crippen molar-refractivity contribution in [2.75, 3.05) is 6.54 Å². The Balaban J connectivity index is 1.97. The van der Waals surface area contributed by atoms with Gasteiger partial charge >= 0.3 is 0 Å². The van der Waals surface area contributed by atoms with Crippen molar-refractivity contribution >= 4 is 0 Å². The average Bonchev–Trinajstić information content (AvgIpc) is 2.90. The standard InChI is InChI=1S/C13H21N5/c1-11(2)6-14-7-13-8-15-10-18(13)9-12-4-5-16-17(12)3/h4-5,8,10-11,14H,6-7,9H2,1-3H3. The Hall–Kier alpha value is -1.62. The fraction of sp³-hybridized carbons (Fsp3) is 0.538. The lowest BCUT2D eigenvalue weighted by atomic mass is 10.2. The topological polar surface area (TPSA) is 47.7 Å². The number of nitrogens with one attached hydrogen (secondary N) is 1. The number of hydrogen-bond donors (Lipinski definition) is 1. The minimum atomic E-state index is 0.665. The zero-order chi connectivity index (χ0) is 13.0. The maximum Gasteiger partial charge on any atom is 0.0952 e. The van der Waals surface area contributed by atoms with Crippen LogP contribution in [0, 0.1) is 5.92 Å². The molecule has 0 saturated heterocycles. The summed E-state index contributed by atoms with van der Waals surface area (Å²) in [6.07, 6.45) is 5.62. The summed E-state index contributed by atoms with van der Waals surface area (Å²) in [5.74, 6) is 0.665. The molecule has 2 rings (SSSR count). The quantitative estimate of drug-likeness (QED) is 0.839. The van der Waals surface area contributed by atoms with Crippen LogP contribution in [0.25, 0.3) is 0 Å². The van der Waals surface area contributed by atoms with Crippen LogP contribution in [-0.2, 0) is 20.1 Å². The highest BCUT2D eigenvalue weighted by molar-refractivity contribution is 5.05. The third kappa shape index (κ3) is 3.20. The van der Waals surface area contributed by atoms with Gasteiger partial charge in [0.25, 0.3) is 0 Å². The predicted molar refractivity (Wildman–Crippen MR) is 71.1 cm³/mol. The molecule has 2 heterocycles. The molecule has 0 aliphatic rings. The molecule has 0 unspecified atom stereocenters. The van der Waals surface area contributed by atoms with Crippen LogP contribution in [0.3, 0.4) is 0 Å². The second kappa shape index (κ2) is 5.82. The summed E-state index contributed by atoms with van der Waals surface area (Å²) in [6.45, 7) is 7.11. The van der Waals surface area contributed by atoms with E-state index in [9.17, 15) is 0 Å². The Kier molecular flexibility index (Phi) is 4.15. The fourth-order valence-corrected chi connectivity index (χ4v) is 1.86. The zero-order valence-corrected chi connectivity index (χ0v) is 11.3. The van der Waals surface area contributed by atoms with Crippen LogP contribution in [0.1, 0.15) is 25.2 Å². The van der Waals surface area contributed by atoms with Gasteiger partial charge in [0.2, 0.25) is 0 Å². The Morgan fingerprint density at radius 3 is 2.83 bits per heavy atom. The van der Waals surface area contributed by atoms with Crippen LogP contribution in [0.5, 0.6) is 0 Å². The first-order valence-corrected chi connectivity index (χ1v) is 6.33. The van der Waals surface area contributed by atoms with Gasteiger partial charge in [0, 0.05) is 26.0 Å². The SMILES string of the molecule is CC(C)CNCc1cncn1Cc1ccnn1C. The molecule has 1 N–H and O–H groups in total. The Morgan fingerprint density at radius 1 is 1.33 bits per heavy atom. The van der Waals surface area contributed by atoms with E-state index in [1.807, 2.05) is 36.5 Å².